The molecule has 2 heterocycles. The van der Waals surface area contributed by atoms with Crippen molar-refractivity contribution in [2.45, 2.75) is 38.8 Å². The maximum absolute atomic E-state index is 14.4. The van der Waals surface area contributed by atoms with Crippen LogP contribution >= 0.6 is 0 Å². The first-order chi connectivity index (χ1) is 13.2. The molecule has 3 rings (SSSR count). The molecule has 0 spiro atoms. The van der Waals surface area contributed by atoms with Gasteiger partial charge in [-0.15, -0.1) is 0 Å². The number of nitrogens with zero attached hydrogens (tertiary/aromatic N) is 2. The van der Waals surface area contributed by atoms with Gasteiger partial charge in [0.15, 0.2) is 0 Å². The maximum atomic E-state index is 14.4. The average Bonchev–Trinajstić information content (AvgIpc) is 2.97. The Hall–Kier alpha value is -2.74. The summed E-state index contributed by atoms with van der Waals surface area (Å²) in [5, 5.41) is 9.57. The largest absolute Gasteiger partial charge is 0.497 e. The second kappa shape index (κ2) is 7.71. The van der Waals surface area contributed by atoms with Gasteiger partial charge in [-0.25, -0.2) is 8.78 Å². The van der Waals surface area contributed by atoms with Gasteiger partial charge < -0.3 is 19.3 Å². The number of aromatic nitrogens is 1. The summed E-state index contributed by atoms with van der Waals surface area (Å²) in [6.07, 6.45) is 0.705. The summed E-state index contributed by atoms with van der Waals surface area (Å²) in [4.78, 5) is 26.7. The number of carbonyl (C=O) groups is 1. The van der Waals surface area contributed by atoms with Crippen LogP contribution in [0.5, 0.6) is 5.75 Å². The molecule has 1 fully saturated rings. The Labute approximate surface area is 161 Å². The van der Waals surface area contributed by atoms with Crippen molar-refractivity contribution in [2.24, 2.45) is 0 Å². The number of anilines is 1. The smallest absolute Gasteiger partial charge is 0.274 e. The summed E-state index contributed by atoms with van der Waals surface area (Å²) >= 11 is 0. The van der Waals surface area contributed by atoms with E-state index in [9.17, 15) is 23.5 Å². The van der Waals surface area contributed by atoms with Crippen LogP contribution in [0.15, 0.2) is 29.2 Å². The Bertz CT molecular complexity index is 948. The number of rotatable bonds is 5. The number of pyridine rings is 1. The molecule has 1 aliphatic heterocycles. The fourth-order valence-corrected chi connectivity index (χ4v) is 3.60. The molecule has 1 N–H and O–H groups in total. The number of aliphatic hydroxyl groups excluding tert-OH is 1. The van der Waals surface area contributed by atoms with Crippen LogP contribution in [0, 0.1) is 18.6 Å². The SMILES string of the molecule is COc1cc(F)c(C2CC(=O)N(c3c(C)ccn(CC(C)O)c3=O)C2)c(F)c1. The Kier molecular flexibility index (Phi) is 5.51. The molecular weight excluding hydrogens is 370 g/mol. The summed E-state index contributed by atoms with van der Waals surface area (Å²) in [7, 11) is 1.31. The van der Waals surface area contributed by atoms with Gasteiger partial charge in [0.25, 0.3) is 5.56 Å². The molecule has 8 heteroatoms. The Morgan fingerprint density at radius 1 is 1.29 bits per heavy atom. The molecule has 150 valence electrons. The summed E-state index contributed by atoms with van der Waals surface area (Å²) in [6, 6.07) is 3.83. The van der Waals surface area contributed by atoms with Crippen molar-refractivity contribution in [3.63, 3.8) is 0 Å². The monoisotopic (exact) mass is 392 g/mol. The number of aryl methyl sites for hydroxylation is 1. The Balaban J connectivity index is 1.98. The third-order valence-electron chi connectivity index (χ3n) is 4.89. The second-order valence-electron chi connectivity index (χ2n) is 7.06. The highest BCUT2D eigenvalue weighted by Crippen LogP contribution is 2.35. The Morgan fingerprint density at radius 3 is 2.50 bits per heavy atom. The van der Waals surface area contributed by atoms with Crippen molar-refractivity contribution >= 4 is 11.6 Å². The van der Waals surface area contributed by atoms with Crippen LogP contribution in [0.25, 0.3) is 0 Å². The number of benzene rings is 1. The minimum atomic E-state index is -0.784. The van der Waals surface area contributed by atoms with E-state index in [1.165, 1.54) is 16.6 Å². The summed E-state index contributed by atoms with van der Waals surface area (Å²) in [6.45, 7) is 3.32. The van der Waals surface area contributed by atoms with E-state index in [1.54, 1.807) is 26.1 Å². The van der Waals surface area contributed by atoms with Gasteiger partial charge in [0.1, 0.15) is 23.1 Å². The molecule has 2 atom stereocenters. The quantitative estimate of drug-likeness (QED) is 0.848. The third-order valence-corrected chi connectivity index (χ3v) is 4.89. The number of carbonyl (C=O) groups excluding carboxylic acids is 1. The molecule has 1 aliphatic rings. The van der Waals surface area contributed by atoms with Crippen molar-refractivity contribution in [3.05, 3.63) is 57.5 Å². The van der Waals surface area contributed by atoms with Gasteiger partial charge in [0.05, 0.1) is 19.8 Å². The molecule has 0 bridgehead atoms. The van der Waals surface area contributed by atoms with Gasteiger partial charge in [0.2, 0.25) is 5.91 Å². The van der Waals surface area contributed by atoms with E-state index in [1.807, 2.05) is 0 Å². The number of hydrogen-bond donors (Lipinski definition) is 1. The molecular formula is C20H22F2N2O4. The average molecular weight is 392 g/mol. The summed E-state index contributed by atoms with van der Waals surface area (Å²) in [5.74, 6) is -2.61. The van der Waals surface area contributed by atoms with E-state index < -0.39 is 29.2 Å². The molecule has 1 aromatic heterocycles. The first kappa shape index (κ1) is 20.0. The van der Waals surface area contributed by atoms with Crippen molar-refractivity contribution in [1.29, 1.82) is 0 Å². The lowest BCUT2D eigenvalue weighted by molar-refractivity contribution is -0.117. The summed E-state index contributed by atoms with van der Waals surface area (Å²) in [5.41, 5.74) is 0.140. The van der Waals surface area contributed by atoms with Gasteiger partial charge in [0, 0.05) is 42.8 Å². The predicted molar refractivity (Wildman–Crippen MR) is 99.7 cm³/mol. The van der Waals surface area contributed by atoms with Crippen molar-refractivity contribution in [3.8, 4) is 5.75 Å². The van der Waals surface area contributed by atoms with Crippen molar-refractivity contribution in [1.82, 2.24) is 4.57 Å². The van der Waals surface area contributed by atoms with E-state index in [0.29, 0.717) is 5.56 Å². The van der Waals surface area contributed by atoms with Gasteiger partial charge in [-0.3, -0.25) is 9.59 Å². The fraction of sp³-hybridized carbons (Fsp3) is 0.400. The molecule has 1 saturated heterocycles. The fourth-order valence-electron chi connectivity index (χ4n) is 3.60. The molecule has 0 aliphatic carbocycles. The highest BCUT2D eigenvalue weighted by molar-refractivity contribution is 5.97. The first-order valence-electron chi connectivity index (χ1n) is 8.94. The lowest BCUT2D eigenvalue weighted by Crippen LogP contribution is -2.35. The zero-order chi connectivity index (χ0) is 20.6. The summed E-state index contributed by atoms with van der Waals surface area (Å²) < 4.78 is 35.0. The van der Waals surface area contributed by atoms with Crippen LogP contribution < -0.4 is 15.2 Å². The normalized spacial score (nSPS) is 17.9. The minimum absolute atomic E-state index is 0.00618. The highest BCUT2D eigenvalue weighted by Gasteiger charge is 2.37. The Morgan fingerprint density at radius 2 is 1.93 bits per heavy atom. The number of ether oxygens (including phenoxy) is 1. The van der Waals surface area contributed by atoms with E-state index in [0.717, 1.165) is 12.1 Å². The first-order valence-corrected chi connectivity index (χ1v) is 8.94. The van der Waals surface area contributed by atoms with E-state index in [4.69, 9.17) is 4.74 Å². The number of hydrogen-bond acceptors (Lipinski definition) is 4. The molecule has 28 heavy (non-hydrogen) atoms. The number of methoxy groups -OCH3 is 1. The third kappa shape index (κ3) is 3.64. The van der Waals surface area contributed by atoms with Crippen LogP contribution in [-0.4, -0.2) is 35.3 Å². The van der Waals surface area contributed by atoms with Gasteiger partial charge in [-0.2, -0.15) is 0 Å². The van der Waals surface area contributed by atoms with E-state index >= 15 is 0 Å². The second-order valence-corrected chi connectivity index (χ2v) is 7.06. The molecule has 0 radical (unpaired) electrons. The van der Waals surface area contributed by atoms with Gasteiger partial charge >= 0.3 is 0 Å². The van der Waals surface area contributed by atoms with Crippen molar-refractivity contribution < 1.29 is 23.4 Å². The lowest BCUT2D eigenvalue weighted by Gasteiger charge is -2.20. The van der Waals surface area contributed by atoms with E-state index in [2.05, 4.69) is 0 Å². The topological polar surface area (TPSA) is 71.8 Å². The number of aliphatic hydroxyl groups is 1. The molecule has 2 unspecified atom stereocenters. The highest BCUT2D eigenvalue weighted by atomic mass is 19.1. The van der Waals surface area contributed by atoms with Crippen molar-refractivity contribution in [2.75, 3.05) is 18.6 Å². The molecule has 1 aromatic carbocycles. The van der Waals surface area contributed by atoms with Crippen LogP contribution in [0.1, 0.15) is 30.4 Å². The molecule has 1 amide bonds. The zero-order valence-corrected chi connectivity index (χ0v) is 15.9. The van der Waals surface area contributed by atoms with Crippen LogP contribution in [0.4, 0.5) is 14.5 Å². The molecule has 6 nitrogen and oxygen atoms in total. The van der Waals surface area contributed by atoms with Crippen LogP contribution in [0.3, 0.4) is 0 Å². The van der Waals surface area contributed by atoms with E-state index in [-0.39, 0.29) is 42.4 Å². The van der Waals surface area contributed by atoms with Crippen LogP contribution in [-0.2, 0) is 11.3 Å². The lowest BCUT2D eigenvalue weighted by atomic mass is 9.97. The molecule has 2 aromatic rings. The van der Waals surface area contributed by atoms with Crippen LogP contribution in [0.2, 0.25) is 0 Å². The maximum Gasteiger partial charge on any atom is 0.274 e. The minimum Gasteiger partial charge on any atom is -0.497 e. The zero-order valence-electron chi connectivity index (χ0n) is 15.9. The number of amides is 1. The molecule has 0 saturated carbocycles. The standard InChI is InChI=1S/C20H22F2N2O4/c1-11-4-5-23(9-12(2)25)20(27)19(11)24-10-13(6-17(24)26)18-15(21)7-14(28-3)8-16(18)22/h4-5,7-8,12-13,25H,6,9-10H2,1-3H3. The van der Waals surface area contributed by atoms with Gasteiger partial charge in [-0.05, 0) is 25.5 Å². The number of halogens is 2. The predicted octanol–water partition coefficient (Wildman–Crippen LogP) is 2.34. The van der Waals surface area contributed by atoms with Gasteiger partial charge in [-0.1, -0.05) is 0 Å².